The van der Waals surface area contributed by atoms with Crippen LogP contribution in [0.15, 0.2) is 22.7 Å². The Balaban J connectivity index is 2.45. The van der Waals surface area contributed by atoms with Crippen LogP contribution in [0.5, 0.6) is 0 Å². The fourth-order valence-electron chi connectivity index (χ4n) is 1.21. The van der Waals surface area contributed by atoms with Gasteiger partial charge in [0.1, 0.15) is 5.82 Å². The average molecular weight is 289 g/mol. The quantitative estimate of drug-likeness (QED) is 0.870. The van der Waals surface area contributed by atoms with E-state index in [1.165, 1.54) is 12.1 Å². The Labute approximate surface area is 102 Å². The molecule has 1 rings (SSSR count). The third-order valence-electron chi connectivity index (χ3n) is 2.10. The largest absolute Gasteiger partial charge is 0.352 e. The summed E-state index contributed by atoms with van der Waals surface area (Å²) in [5.74, 6) is -0.341. The van der Waals surface area contributed by atoms with Crippen LogP contribution in [0.3, 0.4) is 0 Å². The molecule has 3 N–H and O–H groups in total. The molecule has 0 radical (unpaired) electrons. The van der Waals surface area contributed by atoms with Gasteiger partial charge in [0.15, 0.2) is 0 Å². The van der Waals surface area contributed by atoms with E-state index in [2.05, 4.69) is 21.2 Å². The number of carbonyl (C=O) groups excluding carboxylic acids is 1. The molecule has 0 atom stereocenters. The maximum absolute atomic E-state index is 12.8. The molecule has 1 aromatic carbocycles. The molecule has 0 saturated heterocycles. The maximum atomic E-state index is 12.8. The van der Waals surface area contributed by atoms with Crippen molar-refractivity contribution < 1.29 is 9.18 Å². The highest BCUT2D eigenvalue weighted by molar-refractivity contribution is 9.10. The smallest absolute Gasteiger partial charge is 0.220 e. The van der Waals surface area contributed by atoms with Crippen molar-refractivity contribution in [2.45, 2.75) is 19.4 Å². The summed E-state index contributed by atoms with van der Waals surface area (Å²) in [7, 11) is 0. The number of benzene rings is 1. The Morgan fingerprint density at radius 2 is 2.25 bits per heavy atom. The summed E-state index contributed by atoms with van der Waals surface area (Å²) in [6, 6.07) is 4.39. The average Bonchev–Trinajstić information content (AvgIpc) is 2.25. The Kier molecular flexibility index (Phi) is 5.42. The van der Waals surface area contributed by atoms with Crippen molar-refractivity contribution >= 4 is 21.8 Å². The van der Waals surface area contributed by atoms with Crippen molar-refractivity contribution in [2.24, 2.45) is 5.73 Å². The van der Waals surface area contributed by atoms with Crippen LogP contribution >= 0.6 is 15.9 Å². The highest BCUT2D eigenvalue weighted by atomic mass is 79.9. The number of carbonyl (C=O) groups is 1. The van der Waals surface area contributed by atoms with E-state index in [4.69, 9.17) is 5.73 Å². The minimum atomic E-state index is -0.301. The highest BCUT2D eigenvalue weighted by Crippen LogP contribution is 2.17. The predicted octanol–water partition coefficient (Wildman–Crippen LogP) is 1.94. The van der Waals surface area contributed by atoms with E-state index < -0.39 is 0 Å². The van der Waals surface area contributed by atoms with Gasteiger partial charge >= 0.3 is 0 Å². The van der Waals surface area contributed by atoms with Crippen LogP contribution in [0.2, 0.25) is 0 Å². The lowest BCUT2D eigenvalue weighted by atomic mass is 10.2. The van der Waals surface area contributed by atoms with E-state index in [1.54, 1.807) is 6.07 Å². The molecule has 0 spiro atoms. The minimum Gasteiger partial charge on any atom is -0.352 e. The molecule has 0 aliphatic carbocycles. The molecule has 16 heavy (non-hydrogen) atoms. The van der Waals surface area contributed by atoms with Gasteiger partial charge in [0.2, 0.25) is 5.91 Å². The van der Waals surface area contributed by atoms with Gasteiger partial charge in [0.25, 0.3) is 0 Å². The third kappa shape index (κ3) is 4.28. The predicted molar refractivity (Wildman–Crippen MR) is 64.2 cm³/mol. The monoisotopic (exact) mass is 288 g/mol. The van der Waals surface area contributed by atoms with E-state index in [-0.39, 0.29) is 11.7 Å². The second kappa shape index (κ2) is 6.60. The van der Waals surface area contributed by atoms with Crippen molar-refractivity contribution in [1.29, 1.82) is 0 Å². The first-order valence-electron chi connectivity index (χ1n) is 5.04. The SMILES string of the molecule is NCCCC(=O)NCc1ccc(F)cc1Br. The van der Waals surface area contributed by atoms with Crippen LogP contribution in [0.25, 0.3) is 0 Å². The number of nitrogens with one attached hydrogen (secondary N) is 1. The summed E-state index contributed by atoms with van der Waals surface area (Å²) >= 11 is 3.24. The molecule has 5 heteroatoms. The van der Waals surface area contributed by atoms with Gasteiger partial charge in [0.05, 0.1) is 0 Å². The molecule has 1 amide bonds. The van der Waals surface area contributed by atoms with Crippen LogP contribution in [-0.4, -0.2) is 12.5 Å². The lowest BCUT2D eigenvalue weighted by Crippen LogP contribution is -2.23. The van der Waals surface area contributed by atoms with E-state index >= 15 is 0 Å². The second-order valence-corrected chi connectivity index (χ2v) is 4.26. The highest BCUT2D eigenvalue weighted by Gasteiger charge is 2.04. The minimum absolute atomic E-state index is 0.0401. The van der Waals surface area contributed by atoms with Crippen molar-refractivity contribution in [2.75, 3.05) is 6.54 Å². The molecule has 3 nitrogen and oxygen atoms in total. The van der Waals surface area contributed by atoms with Crippen LogP contribution in [-0.2, 0) is 11.3 Å². The summed E-state index contributed by atoms with van der Waals surface area (Å²) in [6.07, 6.45) is 1.10. The standard InChI is InChI=1S/C11H14BrFN2O/c12-10-6-9(13)4-3-8(10)7-15-11(16)2-1-5-14/h3-4,6H,1-2,5,7,14H2,(H,15,16). The molecule has 0 unspecified atom stereocenters. The molecule has 0 fully saturated rings. The van der Waals surface area contributed by atoms with E-state index in [1.807, 2.05) is 0 Å². The van der Waals surface area contributed by atoms with Gasteiger partial charge in [-0.15, -0.1) is 0 Å². The van der Waals surface area contributed by atoms with Gasteiger partial charge in [-0.05, 0) is 30.7 Å². The summed E-state index contributed by atoms with van der Waals surface area (Å²) in [5, 5.41) is 2.75. The van der Waals surface area contributed by atoms with E-state index in [9.17, 15) is 9.18 Å². The molecule has 0 aromatic heterocycles. The van der Waals surface area contributed by atoms with Crippen LogP contribution in [0.4, 0.5) is 4.39 Å². The van der Waals surface area contributed by atoms with Gasteiger partial charge in [-0.1, -0.05) is 22.0 Å². The Morgan fingerprint density at radius 1 is 1.50 bits per heavy atom. The lowest BCUT2D eigenvalue weighted by molar-refractivity contribution is -0.121. The molecule has 0 heterocycles. The molecule has 88 valence electrons. The zero-order valence-corrected chi connectivity index (χ0v) is 10.4. The second-order valence-electron chi connectivity index (χ2n) is 3.40. The number of halogens is 2. The van der Waals surface area contributed by atoms with Crippen LogP contribution in [0.1, 0.15) is 18.4 Å². The van der Waals surface area contributed by atoms with E-state index in [0.29, 0.717) is 30.4 Å². The molecule has 0 saturated carbocycles. The maximum Gasteiger partial charge on any atom is 0.220 e. The summed E-state index contributed by atoms with van der Waals surface area (Å²) in [5.41, 5.74) is 6.15. The first-order valence-corrected chi connectivity index (χ1v) is 5.83. The zero-order valence-electron chi connectivity index (χ0n) is 8.80. The molecular formula is C11H14BrFN2O. The van der Waals surface area contributed by atoms with Crippen LogP contribution in [0, 0.1) is 5.82 Å². The number of rotatable bonds is 5. The summed E-state index contributed by atoms with van der Waals surface area (Å²) in [6.45, 7) is 0.901. The van der Waals surface area contributed by atoms with Gasteiger partial charge in [-0.3, -0.25) is 4.79 Å². The van der Waals surface area contributed by atoms with E-state index in [0.717, 1.165) is 5.56 Å². The Bertz CT molecular complexity index is 371. The topological polar surface area (TPSA) is 55.1 Å². The number of nitrogens with two attached hydrogens (primary N) is 1. The van der Waals surface area contributed by atoms with Crippen LogP contribution < -0.4 is 11.1 Å². The zero-order chi connectivity index (χ0) is 12.0. The third-order valence-corrected chi connectivity index (χ3v) is 2.84. The van der Waals surface area contributed by atoms with Gasteiger partial charge in [-0.25, -0.2) is 4.39 Å². The fraction of sp³-hybridized carbons (Fsp3) is 0.364. The Hall–Kier alpha value is -0.940. The van der Waals surface area contributed by atoms with Gasteiger partial charge in [-0.2, -0.15) is 0 Å². The normalized spacial score (nSPS) is 10.2. The number of amides is 1. The van der Waals surface area contributed by atoms with Crippen molar-refractivity contribution in [1.82, 2.24) is 5.32 Å². The summed E-state index contributed by atoms with van der Waals surface area (Å²) < 4.78 is 13.4. The lowest BCUT2D eigenvalue weighted by Gasteiger charge is -2.06. The fourth-order valence-corrected chi connectivity index (χ4v) is 1.70. The van der Waals surface area contributed by atoms with Crippen molar-refractivity contribution in [3.05, 3.63) is 34.1 Å². The summed E-state index contributed by atoms with van der Waals surface area (Å²) in [4.78, 5) is 11.3. The molecule has 0 aliphatic rings. The first kappa shape index (κ1) is 13.1. The Morgan fingerprint density at radius 3 is 2.88 bits per heavy atom. The molecule has 0 aliphatic heterocycles. The number of hydrogen-bond donors (Lipinski definition) is 2. The van der Waals surface area contributed by atoms with Gasteiger partial charge < -0.3 is 11.1 Å². The number of hydrogen-bond acceptors (Lipinski definition) is 2. The molecular weight excluding hydrogens is 275 g/mol. The molecule has 1 aromatic rings. The van der Waals surface area contributed by atoms with Crippen molar-refractivity contribution in [3.8, 4) is 0 Å². The molecule has 0 bridgehead atoms. The van der Waals surface area contributed by atoms with Crippen molar-refractivity contribution in [3.63, 3.8) is 0 Å². The van der Waals surface area contributed by atoms with Gasteiger partial charge in [0, 0.05) is 17.4 Å². The first-order chi connectivity index (χ1) is 7.63.